The van der Waals surface area contributed by atoms with Crippen molar-refractivity contribution < 1.29 is 0 Å². The quantitative estimate of drug-likeness (QED) is 0.160. The second-order valence-corrected chi connectivity index (χ2v) is 13.6. The summed E-state index contributed by atoms with van der Waals surface area (Å²) in [5.41, 5.74) is 15.2. The van der Waals surface area contributed by atoms with Gasteiger partial charge < -0.3 is 0 Å². The van der Waals surface area contributed by atoms with Gasteiger partial charge >= 0.3 is 0 Å². The van der Waals surface area contributed by atoms with E-state index in [2.05, 4.69) is 154 Å². The van der Waals surface area contributed by atoms with Crippen LogP contribution >= 0.6 is 0 Å². The van der Waals surface area contributed by atoms with Gasteiger partial charge in [0, 0.05) is 22.1 Å². The Labute approximate surface area is 300 Å². The van der Waals surface area contributed by atoms with Gasteiger partial charge in [0.15, 0.2) is 17.5 Å². The summed E-state index contributed by atoms with van der Waals surface area (Å²) < 4.78 is 0. The molecule has 3 nitrogen and oxygen atoms in total. The Morgan fingerprint density at radius 1 is 0.451 bits per heavy atom. The molecule has 0 unspecified atom stereocenters. The van der Waals surface area contributed by atoms with Crippen molar-refractivity contribution in [1.82, 2.24) is 15.0 Å². The van der Waals surface area contributed by atoms with E-state index in [-0.39, 0.29) is 5.41 Å². The van der Waals surface area contributed by atoms with Crippen LogP contribution in [0.15, 0.2) is 164 Å². The van der Waals surface area contributed by atoms with E-state index in [0.717, 1.165) is 33.4 Å². The zero-order valence-electron chi connectivity index (χ0n) is 29.4. The minimum absolute atomic E-state index is 0.0419. The SMILES string of the molecule is C/C=C\C(=C/C)c1ccc(-c2nc(-c3ccccc3)nc(-c3cccc(-c4cccc(-c5ccc6c(c5)C(C)(C)c5ccccc5-6)c4)c3)n2)cc1. The molecule has 0 amide bonds. The number of hydrogen-bond acceptors (Lipinski definition) is 3. The van der Waals surface area contributed by atoms with Gasteiger partial charge in [-0.05, 0) is 87.7 Å². The number of nitrogens with zero attached hydrogens (tertiary/aromatic N) is 3. The zero-order valence-corrected chi connectivity index (χ0v) is 29.4. The molecule has 1 aromatic heterocycles. The highest BCUT2D eigenvalue weighted by Gasteiger charge is 2.35. The fourth-order valence-corrected chi connectivity index (χ4v) is 7.30. The van der Waals surface area contributed by atoms with Crippen molar-refractivity contribution in [3.05, 3.63) is 181 Å². The minimum atomic E-state index is -0.0419. The molecule has 0 radical (unpaired) electrons. The average molecular weight is 658 g/mol. The standard InChI is InChI=1S/C48H39N3/c1-5-14-32(6-2)33-23-25-35(26-24-33)46-49-45(34-15-8-7-9-16-34)50-47(51-46)40-20-13-19-38(30-40)36-17-12-18-37(29-36)39-27-28-42-41-21-10-11-22-43(41)48(3,4)44(42)31-39/h5-31H,1-4H3/b14-5-,32-6+. The smallest absolute Gasteiger partial charge is 0.164 e. The summed E-state index contributed by atoms with van der Waals surface area (Å²) in [7, 11) is 0. The monoisotopic (exact) mass is 657 g/mol. The molecule has 1 aliphatic carbocycles. The Balaban J connectivity index is 1.16. The lowest BCUT2D eigenvalue weighted by Gasteiger charge is -2.22. The third-order valence-electron chi connectivity index (χ3n) is 10.0. The van der Waals surface area contributed by atoms with Gasteiger partial charge in [0.25, 0.3) is 0 Å². The molecule has 7 aromatic rings. The maximum Gasteiger partial charge on any atom is 0.164 e. The second-order valence-electron chi connectivity index (χ2n) is 13.6. The van der Waals surface area contributed by atoms with Gasteiger partial charge in [-0.2, -0.15) is 0 Å². The Bertz CT molecular complexity index is 2450. The molecule has 246 valence electrons. The summed E-state index contributed by atoms with van der Waals surface area (Å²) in [6, 6.07) is 51.7. The van der Waals surface area contributed by atoms with Crippen molar-refractivity contribution in [3.63, 3.8) is 0 Å². The van der Waals surface area contributed by atoms with Gasteiger partial charge in [-0.1, -0.05) is 159 Å². The molecular formula is C48H39N3. The Hall–Kier alpha value is -6.19. The molecule has 3 heteroatoms. The maximum absolute atomic E-state index is 5.04. The number of hydrogen-bond donors (Lipinski definition) is 0. The summed E-state index contributed by atoms with van der Waals surface area (Å²) in [6.45, 7) is 8.76. The fraction of sp³-hybridized carbons (Fsp3) is 0.104. The number of aromatic nitrogens is 3. The van der Waals surface area contributed by atoms with Crippen LogP contribution in [0.2, 0.25) is 0 Å². The third-order valence-corrected chi connectivity index (χ3v) is 10.0. The van der Waals surface area contributed by atoms with Crippen molar-refractivity contribution in [1.29, 1.82) is 0 Å². The first kappa shape index (κ1) is 32.0. The lowest BCUT2D eigenvalue weighted by Crippen LogP contribution is -2.14. The first-order chi connectivity index (χ1) is 24.9. The summed E-state index contributed by atoms with van der Waals surface area (Å²) in [5.74, 6) is 1.94. The predicted octanol–water partition coefficient (Wildman–Crippen LogP) is 12.5. The van der Waals surface area contributed by atoms with Gasteiger partial charge in [-0.15, -0.1) is 0 Å². The number of fused-ring (bicyclic) bond motifs is 3. The van der Waals surface area contributed by atoms with Gasteiger partial charge in [-0.3, -0.25) is 0 Å². The van der Waals surface area contributed by atoms with Gasteiger partial charge in [0.2, 0.25) is 0 Å². The van der Waals surface area contributed by atoms with E-state index < -0.39 is 0 Å². The molecule has 0 saturated carbocycles. The Kier molecular flexibility index (Phi) is 8.33. The molecule has 51 heavy (non-hydrogen) atoms. The second kappa shape index (κ2) is 13.3. The van der Waals surface area contributed by atoms with Crippen LogP contribution in [-0.2, 0) is 5.41 Å². The largest absolute Gasteiger partial charge is 0.208 e. The van der Waals surface area contributed by atoms with Gasteiger partial charge in [0.1, 0.15) is 0 Å². The number of allylic oxidation sites excluding steroid dienone is 4. The van der Waals surface area contributed by atoms with Crippen molar-refractivity contribution in [2.45, 2.75) is 33.1 Å². The van der Waals surface area contributed by atoms with Crippen molar-refractivity contribution in [3.8, 4) is 67.5 Å². The van der Waals surface area contributed by atoms with E-state index >= 15 is 0 Å². The first-order valence-corrected chi connectivity index (χ1v) is 17.6. The van der Waals surface area contributed by atoms with Crippen LogP contribution in [-0.4, -0.2) is 15.0 Å². The predicted molar refractivity (Wildman–Crippen MR) is 213 cm³/mol. The summed E-state index contributed by atoms with van der Waals surface area (Å²) >= 11 is 0. The van der Waals surface area contributed by atoms with Gasteiger partial charge in [-0.25, -0.2) is 15.0 Å². The number of benzene rings is 6. The molecule has 0 N–H and O–H groups in total. The van der Waals surface area contributed by atoms with E-state index in [9.17, 15) is 0 Å². The molecule has 6 aromatic carbocycles. The molecule has 1 heterocycles. The van der Waals surface area contributed by atoms with Crippen LogP contribution in [0.25, 0.3) is 73.1 Å². The minimum Gasteiger partial charge on any atom is -0.208 e. The zero-order chi connectivity index (χ0) is 35.0. The fourth-order valence-electron chi connectivity index (χ4n) is 7.30. The maximum atomic E-state index is 5.04. The molecular weight excluding hydrogens is 619 g/mol. The van der Waals surface area contributed by atoms with E-state index in [0.29, 0.717) is 17.5 Å². The van der Waals surface area contributed by atoms with Crippen LogP contribution < -0.4 is 0 Å². The lowest BCUT2D eigenvalue weighted by molar-refractivity contribution is 0.660. The highest BCUT2D eigenvalue weighted by atomic mass is 15.0. The van der Waals surface area contributed by atoms with Crippen molar-refractivity contribution in [2.24, 2.45) is 0 Å². The van der Waals surface area contributed by atoms with E-state index in [1.165, 1.54) is 39.0 Å². The Morgan fingerprint density at radius 3 is 1.59 bits per heavy atom. The molecule has 0 bridgehead atoms. The molecule has 0 fully saturated rings. The van der Waals surface area contributed by atoms with Gasteiger partial charge in [0.05, 0.1) is 0 Å². The highest BCUT2D eigenvalue weighted by Crippen LogP contribution is 2.49. The van der Waals surface area contributed by atoms with Crippen LogP contribution in [0.4, 0.5) is 0 Å². The summed E-state index contributed by atoms with van der Waals surface area (Å²) in [5, 5.41) is 0. The molecule has 1 aliphatic rings. The van der Waals surface area contributed by atoms with Crippen molar-refractivity contribution in [2.75, 3.05) is 0 Å². The molecule has 8 rings (SSSR count). The third kappa shape index (κ3) is 6.02. The van der Waals surface area contributed by atoms with Crippen LogP contribution in [0.3, 0.4) is 0 Å². The van der Waals surface area contributed by atoms with E-state index in [1.807, 2.05) is 37.3 Å². The summed E-state index contributed by atoms with van der Waals surface area (Å²) in [6.07, 6.45) is 6.31. The highest BCUT2D eigenvalue weighted by molar-refractivity contribution is 5.84. The van der Waals surface area contributed by atoms with Crippen LogP contribution in [0.1, 0.15) is 44.4 Å². The number of rotatable bonds is 7. The van der Waals surface area contributed by atoms with Crippen LogP contribution in [0.5, 0.6) is 0 Å². The lowest BCUT2D eigenvalue weighted by atomic mass is 9.81. The average Bonchev–Trinajstić information content (AvgIpc) is 3.42. The molecule has 0 aliphatic heterocycles. The normalized spacial score (nSPS) is 13.3. The first-order valence-electron chi connectivity index (χ1n) is 17.6. The van der Waals surface area contributed by atoms with Crippen molar-refractivity contribution >= 4 is 5.57 Å². The summed E-state index contributed by atoms with van der Waals surface area (Å²) in [4.78, 5) is 15.0. The van der Waals surface area contributed by atoms with E-state index in [4.69, 9.17) is 15.0 Å². The molecule has 0 spiro atoms. The topological polar surface area (TPSA) is 38.7 Å². The Morgan fingerprint density at radius 2 is 0.941 bits per heavy atom. The van der Waals surface area contributed by atoms with E-state index in [1.54, 1.807) is 0 Å². The molecule has 0 saturated heterocycles. The molecule has 0 atom stereocenters. The van der Waals surface area contributed by atoms with Crippen LogP contribution in [0, 0.1) is 0 Å².